The van der Waals surface area contributed by atoms with E-state index in [4.69, 9.17) is 10.2 Å². The molecule has 5 heteroatoms. The molecule has 0 radical (unpaired) electrons. The highest BCUT2D eigenvalue weighted by atomic mass is 16.4. The summed E-state index contributed by atoms with van der Waals surface area (Å²) in [5.74, 6) is 1.40. The minimum absolute atomic E-state index is 0.0601. The second kappa shape index (κ2) is 7.42. The minimum Gasteiger partial charge on any atom is -0.441 e. The number of benzene rings is 1. The number of carbonyl (C=O) groups is 1. The fraction of sp³-hybridized carbons (Fsp3) is 0.444. The number of nitrogens with zero attached hydrogens (tertiary/aromatic N) is 1. The number of hydrogen-bond donors (Lipinski definition) is 2. The summed E-state index contributed by atoms with van der Waals surface area (Å²) >= 11 is 0. The van der Waals surface area contributed by atoms with Crippen LogP contribution in [0, 0.1) is 0 Å². The van der Waals surface area contributed by atoms with Gasteiger partial charge in [0, 0.05) is 30.5 Å². The van der Waals surface area contributed by atoms with Crippen LogP contribution >= 0.6 is 0 Å². The monoisotopic (exact) mass is 313 g/mol. The summed E-state index contributed by atoms with van der Waals surface area (Å²) in [6.45, 7) is 0. The number of rotatable bonds is 5. The quantitative estimate of drug-likeness (QED) is 0.889. The first-order valence-electron chi connectivity index (χ1n) is 8.26. The van der Waals surface area contributed by atoms with Gasteiger partial charge in [0.05, 0.1) is 6.20 Å². The zero-order valence-electron chi connectivity index (χ0n) is 13.2. The maximum absolute atomic E-state index is 12.0. The Morgan fingerprint density at radius 1 is 1.22 bits per heavy atom. The van der Waals surface area contributed by atoms with Crippen molar-refractivity contribution in [3.05, 3.63) is 42.4 Å². The molecule has 122 valence electrons. The van der Waals surface area contributed by atoms with Crippen LogP contribution in [0.4, 0.5) is 0 Å². The Bertz CT molecular complexity index is 631. The summed E-state index contributed by atoms with van der Waals surface area (Å²) in [4.78, 5) is 16.3. The minimum atomic E-state index is 0.0601. The third-order valence-corrected chi connectivity index (χ3v) is 4.31. The molecule has 0 bridgehead atoms. The van der Waals surface area contributed by atoms with E-state index in [1.165, 1.54) is 0 Å². The molecule has 0 spiro atoms. The van der Waals surface area contributed by atoms with E-state index in [1.54, 1.807) is 6.20 Å². The lowest BCUT2D eigenvalue weighted by Crippen LogP contribution is -2.40. The molecule has 0 unspecified atom stereocenters. The topological polar surface area (TPSA) is 81.1 Å². The van der Waals surface area contributed by atoms with Crippen molar-refractivity contribution in [1.29, 1.82) is 0 Å². The lowest BCUT2D eigenvalue weighted by atomic mass is 9.92. The molecule has 0 saturated heterocycles. The Hall–Kier alpha value is -2.14. The number of hydrogen-bond acceptors (Lipinski definition) is 4. The highest BCUT2D eigenvalue weighted by molar-refractivity contribution is 5.76. The van der Waals surface area contributed by atoms with Crippen LogP contribution < -0.4 is 11.1 Å². The van der Waals surface area contributed by atoms with Gasteiger partial charge in [-0.1, -0.05) is 30.3 Å². The molecular formula is C18H23N3O2. The smallest absolute Gasteiger partial charge is 0.220 e. The predicted molar refractivity (Wildman–Crippen MR) is 88.6 cm³/mol. The molecule has 3 rings (SSSR count). The lowest BCUT2D eigenvalue weighted by Gasteiger charge is -2.26. The van der Waals surface area contributed by atoms with Gasteiger partial charge in [-0.15, -0.1) is 0 Å². The first-order valence-corrected chi connectivity index (χ1v) is 8.26. The molecule has 0 aliphatic heterocycles. The lowest BCUT2D eigenvalue weighted by molar-refractivity contribution is -0.122. The maximum atomic E-state index is 12.0. The number of aromatic nitrogens is 1. The van der Waals surface area contributed by atoms with E-state index >= 15 is 0 Å². The fourth-order valence-electron chi connectivity index (χ4n) is 2.95. The standard InChI is InChI=1S/C18H23N3O2/c19-14-6-8-15(9-7-14)21-17(22)10-11-18-20-12-16(23-18)13-4-2-1-3-5-13/h1-5,12,14-15H,6-11,19H2,(H,21,22). The average molecular weight is 313 g/mol. The van der Waals surface area contributed by atoms with Crippen molar-refractivity contribution in [2.24, 2.45) is 5.73 Å². The molecule has 1 fully saturated rings. The first kappa shape index (κ1) is 15.7. The molecule has 23 heavy (non-hydrogen) atoms. The molecule has 1 amide bonds. The van der Waals surface area contributed by atoms with Gasteiger partial charge in [0.15, 0.2) is 11.7 Å². The van der Waals surface area contributed by atoms with Gasteiger partial charge in [-0.25, -0.2) is 4.98 Å². The largest absolute Gasteiger partial charge is 0.441 e. The second-order valence-electron chi connectivity index (χ2n) is 6.16. The molecule has 1 aliphatic rings. The molecule has 1 aromatic carbocycles. The van der Waals surface area contributed by atoms with Gasteiger partial charge in [0.25, 0.3) is 0 Å². The van der Waals surface area contributed by atoms with Gasteiger partial charge in [-0.3, -0.25) is 4.79 Å². The van der Waals surface area contributed by atoms with Crippen LogP contribution in [0.2, 0.25) is 0 Å². The molecule has 3 N–H and O–H groups in total. The van der Waals surface area contributed by atoms with E-state index in [2.05, 4.69) is 10.3 Å². The van der Waals surface area contributed by atoms with Crippen molar-refractivity contribution in [2.45, 2.75) is 50.6 Å². The molecule has 0 atom stereocenters. The van der Waals surface area contributed by atoms with Gasteiger partial charge >= 0.3 is 0 Å². The van der Waals surface area contributed by atoms with Crippen LogP contribution in [0.5, 0.6) is 0 Å². The summed E-state index contributed by atoms with van der Waals surface area (Å²) < 4.78 is 5.72. The van der Waals surface area contributed by atoms with Crippen LogP contribution in [-0.4, -0.2) is 23.0 Å². The van der Waals surface area contributed by atoms with Crippen LogP contribution in [-0.2, 0) is 11.2 Å². The summed E-state index contributed by atoms with van der Waals surface area (Å²) in [6, 6.07) is 10.4. The number of aryl methyl sites for hydroxylation is 1. The molecule has 1 aromatic heterocycles. The van der Waals surface area contributed by atoms with E-state index in [-0.39, 0.29) is 11.9 Å². The molecule has 2 aromatic rings. The van der Waals surface area contributed by atoms with Crippen molar-refractivity contribution in [3.8, 4) is 11.3 Å². The van der Waals surface area contributed by atoms with Crippen molar-refractivity contribution in [1.82, 2.24) is 10.3 Å². The Kier molecular flexibility index (Phi) is 5.08. The molecule has 5 nitrogen and oxygen atoms in total. The summed E-state index contributed by atoms with van der Waals surface area (Å²) in [5, 5.41) is 3.08. The van der Waals surface area contributed by atoms with E-state index in [1.807, 2.05) is 30.3 Å². The number of nitrogens with one attached hydrogen (secondary N) is 1. The number of nitrogens with two attached hydrogens (primary N) is 1. The van der Waals surface area contributed by atoms with Crippen molar-refractivity contribution in [2.75, 3.05) is 0 Å². The molecule has 1 heterocycles. The first-order chi connectivity index (χ1) is 11.2. The van der Waals surface area contributed by atoms with Gasteiger partial charge in [0.2, 0.25) is 5.91 Å². The summed E-state index contributed by atoms with van der Waals surface area (Å²) in [5.41, 5.74) is 6.87. The normalized spacial score (nSPS) is 21.1. The third-order valence-electron chi connectivity index (χ3n) is 4.31. The van der Waals surface area contributed by atoms with Gasteiger partial charge in [-0.2, -0.15) is 0 Å². The van der Waals surface area contributed by atoms with Crippen LogP contribution in [0.15, 0.2) is 40.9 Å². The Morgan fingerprint density at radius 2 is 1.96 bits per heavy atom. The third kappa shape index (κ3) is 4.42. The van der Waals surface area contributed by atoms with E-state index in [9.17, 15) is 4.79 Å². The van der Waals surface area contributed by atoms with E-state index in [0.29, 0.717) is 24.8 Å². The fourth-order valence-corrected chi connectivity index (χ4v) is 2.95. The highest BCUT2D eigenvalue weighted by Crippen LogP contribution is 2.20. The molecule has 1 aliphatic carbocycles. The van der Waals surface area contributed by atoms with Crippen molar-refractivity contribution in [3.63, 3.8) is 0 Å². The summed E-state index contributed by atoms with van der Waals surface area (Å²) in [6.07, 6.45) is 6.57. The van der Waals surface area contributed by atoms with Gasteiger partial charge in [-0.05, 0) is 25.7 Å². The zero-order valence-corrected chi connectivity index (χ0v) is 13.2. The van der Waals surface area contributed by atoms with E-state index < -0.39 is 0 Å². The van der Waals surface area contributed by atoms with Gasteiger partial charge < -0.3 is 15.5 Å². The highest BCUT2D eigenvalue weighted by Gasteiger charge is 2.20. The Balaban J connectivity index is 1.47. The summed E-state index contributed by atoms with van der Waals surface area (Å²) in [7, 11) is 0. The number of oxazole rings is 1. The number of carbonyl (C=O) groups excluding carboxylic acids is 1. The maximum Gasteiger partial charge on any atom is 0.220 e. The van der Waals surface area contributed by atoms with E-state index in [0.717, 1.165) is 37.0 Å². The molecule has 1 saturated carbocycles. The van der Waals surface area contributed by atoms with Crippen molar-refractivity contribution < 1.29 is 9.21 Å². The SMILES string of the molecule is NC1CCC(NC(=O)CCc2ncc(-c3ccccc3)o2)CC1. The van der Waals surface area contributed by atoms with Crippen LogP contribution in [0.1, 0.15) is 38.0 Å². The van der Waals surface area contributed by atoms with Crippen LogP contribution in [0.25, 0.3) is 11.3 Å². The molecular weight excluding hydrogens is 290 g/mol. The zero-order chi connectivity index (χ0) is 16.1. The van der Waals surface area contributed by atoms with Crippen LogP contribution in [0.3, 0.4) is 0 Å². The Labute approximate surface area is 136 Å². The average Bonchev–Trinajstić information content (AvgIpc) is 3.05. The Morgan fingerprint density at radius 3 is 2.70 bits per heavy atom. The van der Waals surface area contributed by atoms with Crippen molar-refractivity contribution >= 4 is 5.91 Å². The van der Waals surface area contributed by atoms with Gasteiger partial charge in [0.1, 0.15) is 0 Å². The second-order valence-corrected chi connectivity index (χ2v) is 6.16. The number of amides is 1. The predicted octanol–water partition coefficient (Wildman–Crippen LogP) is 2.66.